The number of likely N-dealkylation sites (tertiary alicyclic amines) is 1. The molecular formula is C28H40N6O3. The number of piperidine rings is 1. The molecule has 9 nitrogen and oxygen atoms in total. The summed E-state index contributed by atoms with van der Waals surface area (Å²) in [5, 5.41) is 12.4. The Morgan fingerprint density at radius 1 is 1.08 bits per heavy atom. The Kier molecular flexibility index (Phi) is 7.03. The molecular weight excluding hydrogens is 468 g/mol. The average molecular weight is 509 g/mol. The Balaban J connectivity index is 1.03. The van der Waals surface area contributed by atoms with E-state index in [2.05, 4.69) is 43.4 Å². The largest absolute Gasteiger partial charge is 0.467 e. The Hall–Kier alpha value is -2.36. The van der Waals surface area contributed by atoms with Gasteiger partial charge < -0.3 is 24.4 Å². The van der Waals surface area contributed by atoms with Crippen LogP contribution in [-0.4, -0.2) is 83.3 Å². The summed E-state index contributed by atoms with van der Waals surface area (Å²) in [6.07, 6.45) is 12.9. The number of anilines is 1. The van der Waals surface area contributed by atoms with Crippen LogP contribution < -0.4 is 10.1 Å². The molecule has 6 rings (SSSR count). The van der Waals surface area contributed by atoms with E-state index in [1.807, 2.05) is 12.4 Å². The highest BCUT2D eigenvalue weighted by atomic mass is 16.6. The van der Waals surface area contributed by atoms with Crippen LogP contribution in [0.4, 0.5) is 5.82 Å². The van der Waals surface area contributed by atoms with Crippen molar-refractivity contribution in [3.05, 3.63) is 24.2 Å². The fourth-order valence-electron chi connectivity index (χ4n) is 6.34. The van der Waals surface area contributed by atoms with Gasteiger partial charge in [0.1, 0.15) is 5.82 Å². The van der Waals surface area contributed by atoms with Gasteiger partial charge in [0.05, 0.1) is 44.4 Å². The number of ether oxygens (including phenoxy) is 3. The number of hydrogen-bond donors (Lipinski definition) is 1. The van der Waals surface area contributed by atoms with Crippen molar-refractivity contribution in [1.82, 2.24) is 25.1 Å². The SMILES string of the molecule is COc1ncc(-c2cnnc(NC3CCC(C)(CN4CCC5(CC4)COCCO5)CC3)c2)c(C2CC2)n1. The van der Waals surface area contributed by atoms with Gasteiger partial charge in [0.25, 0.3) is 0 Å². The van der Waals surface area contributed by atoms with E-state index < -0.39 is 0 Å². The lowest BCUT2D eigenvalue weighted by molar-refractivity contribution is -0.178. The standard InChI is InChI=1S/C28H40N6O3/c1-27(18-34-11-9-28(10-12-34)19-36-13-14-37-28)7-5-22(6-8-27)31-24-15-21(16-30-33-24)23-17-29-26(35-2)32-25(23)20-3-4-20/h15-17,20,22H,3-14,18-19H2,1-2H3,(H,31,33). The van der Waals surface area contributed by atoms with Gasteiger partial charge in [0.15, 0.2) is 0 Å². The van der Waals surface area contributed by atoms with Gasteiger partial charge in [0, 0.05) is 48.9 Å². The highest BCUT2D eigenvalue weighted by molar-refractivity contribution is 5.68. The molecule has 2 saturated carbocycles. The van der Waals surface area contributed by atoms with Crippen molar-refractivity contribution < 1.29 is 14.2 Å². The quantitative estimate of drug-likeness (QED) is 0.594. The minimum Gasteiger partial charge on any atom is -0.467 e. The van der Waals surface area contributed by atoms with E-state index in [0.29, 0.717) is 23.4 Å². The Bertz CT molecular complexity index is 1070. The number of nitrogens with one attached hydrogen (secondary N) is 1. The zero-order valence-electron chi connectivity index (χ0n) is 22.2. The molecule has 0 amide bonds. The van der Waals surface area contributed by atoms with Crippen LogP contribution in [0.5, 0.6) is 6.01 Å². The molecule has 0 radical (unpaired) electrons. The van der Waals surface area contributed by atoms with E-state index in [0.717, 1.165) is 94.1 Å². The lowest BCUT2D eigenvalue weighted by Crippen LogP contribution is -2.53. The topological polar surface area (TPSA) is 94.5 Å². The molecule has 0 unspecified atom stereocenters. The number of rotatable bonds is 7. The molecule has 1 spiro atoms. The molecule has 9 heteroatoms. The van der Waals surface area contributed by atoms with Crippen LogP contribution in [0.15, 0.2) is 18.5 Å². The van der Waals surface area contributed by atoms with Gasteiger partial charge in [-0.05, 0) is 62.8 Å². The zero-order chi connectivity index (χ0) is 25.3. The first-order valence-electron chi connectivity index (χ1n) is 14.0. The van der Waals surface area contributed by atoms with Gasteiger partial charge in [0.2, 0.25) is 0 Å². The first-order valence-corrected chi connectivity index (χ1v) is 14.0. The molecule has 4 heterocycles. The summed E-state index contributed by atoms with van der Waals surface area (Å²) >= 11 is 0. The fourth-order valence-corrected chi connectivity index (χ4v) is 6.34. The number of aromatic nitrogens is 4. The van der Waals surface area contributed by atoms with Crippen LogP contribution in [0.2, 0.25) is 0 Å². The third kappa shape index (κ3) is 5.73. The lowest BCUT2D eigenvalue weighted by atomic mass is 9.73. The molecule has 4 fully saturated rings. The van der Waals surface area contributed by atoms with Crippen LogP contribution in [0.1, 0.15) is 69.9 Å². The Morgan fingerprint density at radius 2 is 1.89 bits per heavy atom. The van der Waals surface area contributed by atoms with Gasteiger partial charge in [-0.3, -0.25) is 0 Å². The molecule has 2 aromatic heterocycles. The highest BCUT2D eigenvalue weighted by Crippen LogP contribution is 2.44. The maximum atomic E-state index is 6.13. The van der Waals surface area contributed by atoms with Crippen molar-refractivity contribution in [3.8, 4) is 17.1 Å². The summed E-state index contributed by atoms with van der Waals surface area (Å²) in [5.74, 6) is 1.32. The molecule has 1 N–H and O–H groups in total. The van der Waals surface area contributed by atoms with Crippen LogP contribution in [0.25, 0.3) is 11.1 Å². The molecule has 0 bridgehead atoms. The maximum Gasteiger partial charge on any atom is 0.316 e. The minimum atomic E-state index is -0.0236. The van der Waals surface area contributed by atoms with Crippen LogP contribution in [-0.2, 0) is 9.47 Å². The van der Waals surface area contributed by atoms with E-state index in [-0.39, 0.29) is 5.60 Å². The molecule has 0 atom stereocenters. The predicted octanol–water partition coefficient (Wildman–Crippen LogP) is 4.06. The highest BCUT2D eigenvalue weighted by Gasteiger charge is 2.40. The molecule has 2 aliphatic carbocycles. The predicted molar refractivity (Wildman–Crippen MR) is 141 cm³/mol. The molecule has 2 saturated heterocycles. The van der Waals surface area contributed by atoms with Crippen LogP contribution in [0.3, 0.4) is 0 Å². The van der Waals surface area contributed by atoms with Crippen molar-refractivity contribution in [2.45, 2.75) is 75.9 Å². The van der Waals surface area contributed by atoms with E-state index >= 15 is 0 Å². The molecule has 0 aromatic carbocycles. The molecule has 37 heavy (non-hydrogen) atoms. The van der Waals surface area contributed by atoms with Gasteiger partial charge in [-0.1, -0.05) is 6.92 Å². The third-order valence-electron chi connectivity index (χ3n) is 8.83. The van der Waals surface area contributed by atoms with Gasteiger partial charge in [-0.25, -0.2) is 4.98 Å². The Morgan fingerprint density at radius 3 is 2.59 bits per heavy atom. The van der Waals surface area contributed by atoms with Crippen molar-refractivity contribution in [2.75, 3.05) is 51.9 Å². The molecule has 2 aromatic rings. The lowest BCUT2D eigenvalue weighted by Gasteiger charge is -2.47. The van der Waals surface area contributed by atoms with Crippen molar-refractivity contribution in [3.63, 3.8) is 0 Å². The monoisotopic (exact) mass is 508 g/mol. The minimum absolute atomic E-state index is 0.0236. The van der Waals surface area contributed by atoms with Crippen molar-refractivity contribution in [1.29, 1.82) is 0 Å². The molecule has 200 valence electrons. The van der Waals surface area contributed by atoms with E-state index in [1.165, 1.54) is 19.4 Å². The summed E-state index contributed by atoms with van der Waals surface area (Å²) in [6.45, 7) is 8.12. The summed E-state index contributed by atoms with van der Waals surface area (Å²) < 4.78 is 17.1. The van der Waals surface area contributed by atoms with Gasteiger partial charge in [-0.15, -0.1) is 5.10 Å². The van der Waals surface area contributed by atoms with E-state index in [1.54, 1.807) is 7.11 Å². The zero-order valence-corrected chi connectivity index (χ0v) is 22.2. The fraction of sp³-hybridized carbons (Fsp3) is 0.714. The first-order chi connectivity index (χ1) is 18.0. The van der Waals surface area contributed by atoms with Gasteiger partial charge >= 0.3 is 6.01 Å². The second-order valence-electron chi connectivity index (χ2n) is 11.8. The second kappa shape index (κ2) is 10.4. The smallest absolute Gasteiger partial charge is 0.316 e. The van der Waals surface area contributed by atoms with Gasteiger partial charge in [-0.2, -0.15) is 10.1 Å². The van der Waals surface area contributed by atoms with Crippen molar-refractivity contribution >= 4 is 5.82 Å². The summed E-state index contributed by atoms with van der Waals surface area (Å²) in [4.78, 5) is 11.7. The first kappa shape index (κ1) is 24.9. The summed E-state index contributed by atoms with van der Waals surface area (Å²) in [5.41, 5.74) is 3.44. The second-order valence-corrected chi connectivity index (χ2v) is 11.8. The molecule has 2 aliphatic heterocycles. The Labute approximate surface area is 219 Å². The van der Waals surface area contributed by atoms with Crippen LogP contribution in [0, 0.1) is 5.41 Å². The van der Waals surface area contributed by atoms with Crippen molar-refractivity contribution in [2.24, 2.45) is 5.41 Å². The maximum absolute atomic E-state index is 6.13. The van der Waals surface area contributed by atoms with E-state index in [4.69, 9.17) is 14.2 Å². The van der Waals surface area contributed by atoms with E-state index in [9.17, 15) is 0 Å². The number of hydrogen-bond acceptors (Lipinski definition) is 9. The normalized spacial score (nSPS) is 28.2. The summed E-state index contributed by atoms with van der Waals surface area (Å²) in [6, 6.07) is 2.94. The third-order valence-corrected chi connectivity index (χ3v) is 8.83. The number of nitrogens with zero attached hydrogens (tertiary/aromatic N) is 5. The summed E-state index contributed by atoms with van der Waals surface area (Å²) in [7, 11) is 1.61. The molecule has 4 aliphatic rings. The van der Waals surface area contributed by atoms with Crippen LogP contribution >= 0.6 is 0 Å². The number of methoxy groups -OCH3 is 1. The average Bonchev–Trinajstić information content (AvgIpc) is 3.78.